The van der Waals surface area contributed by atoms with Gasteiger partial charge in [-0.05, 0) is 25.7 Å². The summed E-state index contributed by atoms with van der Waals surface area (Å²) in [6.45, 7) is 2.54. The lowest BCUT2D eigenvalue weighted by Gasteiger charge is -2.31. The number of carbonyl (C=O) groups is 1. The molecule has 2 nitrogen and oxygen atoms in total. The first-order chi connectivity index (χ1) is 5.19. The monoisotopic (exact) mass is 159 g/mol. The molecule has 1 rings (SSSR count). The van der Waals surface area contributed by atoms with E-state index in [2.05, 4.69) is 5.32 Å². The molecule has 1 N–H and O–H groups in total. The fourth-order valence-electron chi connectivity index (χ4n) is 1.11. The van der Waals surface area contributed by atoms with Crippen LogP contribution in [-0.2, 0) is 4.79 Å². The molecule has 0 radical (unpaired) electrons. The summed E-state index contributed by atoms with van der Waals surface area (Å²) in [4.78, 5) is 11.0. The van der Waals surface area contributed by atoms with Crippen LogP contribution in [0.25, 0.3) is 0 Å². The predicted octanol–water partition coefficient (Wildman–Crippen LogP) is 1.40. The lowest BCUT2D eigenvalue weighted by molar-refractivity contribution is -0.138. The van der Waals surface area contributed by atoms with E-state index in [0.29, 0.717) is 19.4 Å². The van der Waals surface area contributed by atoms with Gasteiger partial charge >= 0.3 is 0 Å². The molecule has 0 aliphatic heterocycles. The van der Waals surface area contributed by atoms with Gasteiger partial charge in [0.1, 0.15) is 0 Å². The second-order valence-corrected chi connectivity index (χ2v) is 3.07. The zero-order chi connectivity index (χ0) is 8.32. The van der Waals surface area contributed by atoms with Crippen molar-refractivity contribution in [3.63, 3.8) is 0 Å². The Bertz CT molecular complexity index is 154. The Morgan fingerprint density at radius 1 is 1.64 bits per heavy atom. The normalized spacial score (nSPS) is 20.5. The van der Waals surface area contributed by atoms with Crippen LogP contribution < -0.4 is 5.32 Å². The van der Waals surface area contributed by atoms with Crippen molar-refractivity contribution in [2.75, 3.05) is 6.54 Å². The van der Waals surface area contributed by atoms with Crippen LogP contribution in [0.4, 0.5) is 4.39 Å². The first-order valence-corrected chi connectivity index (χ1v) is 4.16. The summed E-state index contributed by atoms with van der Waals surface area (Å²) in [5.41, 5.74) is -1.52. The zero-order valence-electron chi connectivity index (χ0n) is 6.82. The quantitative estimate of drug-likeness (QED) is 0.662. The maximum atomic E-state index is 13.2. The van der Waals surface area contributed by atoms with Crippen LogP contribution in [0.1, 0.15) is 32.6 Å². The molecule has 1 aliphatic rings. The minimum atomic E-state index is -1.52. The average Bonchev–Trinajstić information content (AvgIpc) is 1.95. The van der Waals surface area contributed by atoms with Gasteiger partial charge in [0.25, 0.3) is 5.91 Å². The molecule has 1 saturated carbocycles. The Balaban J connectivity index is 2.28. The highest BCUT2D eigenvalue weighted by atomic mass is 19.1. The molecule has 0 unspecified atom stereocenters. The Kier molecular flexibility index (Phi) is 2.47. The Morgan fingerprint density at radius 2 is 2.27 bits per heavy atom. The largest absolute Gasteiger partial charge is 0.353 e. The van der Waals surface area contributed by atoms with E-state index in [0.717, 1.165) is 12.8 Å². The van der Waals surface area contributed by atoms with E-state index in [1.54, 1.807) is 0 Å². The molecular weight excluding hydrogens is 145 g/mol. The highest BCUT2D eigenvalue weighted by Crippen LogP contribution is 2.35. The van der Waals surface area contributed by atoms with Crippen molar-refractivity contribution in [2.24, 2.45) is 0 Å². The molecule has 0 atom stereocenters. The summed E-state index contributed by atoms with van der Waals surface area (Å²) < 4.78 is 13.2. The van der Waals surface area contributed by atoms with Crippen LogP contribution >= 0.6 is 0 Å². The minimum Gasteiger partial charge on any atom is -0.353 e. The van der Waals surface area contributed by atoms with Crippen LogP contribution in [0, 0.1) is 0 Å². The van der Waals surface area contributed by atoms with E-state index in [-0.39, 0.29) is 0 Å². The second kappa shape index (κ2) is 3.20. The van der Waals surface area contributed by atoms with Crippen molar-refractivity contribution in [3.8, 4) is 0 Å². The summed E-state index contributed by atoms with van der Waals surface area (Å²) in [6.07, 6.45) is 2.52. The van der Waals surface area contributed by atoms with Gasteiger partial charge in [0.15, 0.2) is 5.67 Å². The third-order valence-corrected chi connectivity index (χ3v) is 2.09. The molecule has 1 fully saturated rings. The highest BCUT2D eigenvalue weighted by Gasteiger charge is 2.44. The molecule has 64 valence electrons. The number of amides is 1. The minimum absolute atomic E-state index is 0.405. The van der Waals surface area contributed by atoms with E-state index in [9.17, 15) is 9.18 Å². The van der Waals surface area contributed by atoms with E-state index < -0.39 is 11.6 Å². The molecule has 1 amide bonds. The van der Waals surface area contributed by atoms with Crippen molar-refractivity contribution < 1.29 is 9.18 Å². The molecule has 3 heteroatoms. The van der Waals surface area contributed by atoms with E-state index in [1.807, 2.05) is 6.92 Å². The molecule has 0 heterocycles. The van der Waals surface area contributed by atoms with Crippen molar-refractivity contribution in [3.05, 3.63) is 0 Å². The van der Waals surface area contributed by atoms with Gasteiger partial charge in [0.05, 0.1) is 0 Å². The highest BCUT2D eigenvalue weighted by molar-refractivity contribution is 5.85. The van der Waals surface area contributed by atoms with Gasteiger partial charge in [-0.25, -0.2) is 4.39 Å². The third-order valence-electron chi connectivity index (χ3n) is 2.09. The number of hydrogen-bond donors (Lipinski definition) is 1. The van der Waals surface area contributed by atoms with Gasteiger partial charge in [-0.2, -0.15) is 0 Å². The molecular formula is C8H14FNO. The summed E-state index contributed by atoms with van der Waals surface area (Å²) >= 11 is 0. The van der Waals surface area contributed by atoms with E-state index >= 15 is 0 Å². The SMILES string of the molecule is CCCNC(=O)C1(F)CCC1. The zero-order valence-corrected chi connectivity index (χ0v) is 6.82. The van der Waals surface area contributed by atoms with Crippen LogP contribution in [0.3, 0.4) is 0 Å². The number of rotatable bonds is 3. The van der Waals surface area contributed by atoms with Crippen molar-refractivity contribution in [1.82, 2.24) is 5.32 Å². The van der Waals surface area contributed by atoms with E-state index in [4.69, 9.17) is 0 Å². The van der Waals surface area contributed by atoms with Crippen molar-refractivity contribution in [2.45, 2.75) is 38.3 Å². The molecule has 0 aromatic carbocycles. The standard InChI is InChI=1S/C8H14FNO/c1-2-6-10-7(11)8(9)4-3-5-8/h2-6H2,1H3,(H,10,11). The number of halogens is 1. The predicted molar refractivity (Wildman–Crippen MR) is 41.0 cm³/mol. The smallest absolute Gasteiger partial charge is 0.257 e. The van der Waals surface area contributed by atoms with Gasteiger partial charge in [0, 0.05) is 6.54 Å². The Morgan fingerprint density at radius 3 is 2.64 bits per heavy atom. The van der Waals surface area contributed by atoms with Crippen molar-refractivity contribution >= 4 is 5.91 Å². The van der Waals surface area contributed by atoms with Crippen LogP contribution in [0.15, 0.2) is 0 Å². The van der Waals surface area contributed by atoms with E-state index in [1.165, 1.54) is 0 Å². The van der Waals surface area contributed by atoms with Crippen molar-refractivity contribution in [1.29, 1.82) is 0 Å². The Labute approximate surface area is 66.2 Å². The van der Waals surface area contributed by atoms with Gasteiger partial charge < -0.3 is 5.32 Å². The number of alkyl halides is 1. The van der Waals surface area contributed by atoms with Crippen LogP contribution in [0.5, 0.6) is 0 Å². The molecule has 0 aromatic rings. The van der Waals surface area contributed by atoms with Gasteiger partial charge in [-0.1, -0.05) is 6.92 Å². The summed E-state index contributed by atoms with van der Waals surface area (Å²) in [5, 5.41) is 2.56. The molecule has 0 bridgehead atoms. The number of nitrogens with one attached hydrogen (secondary N) is 1. The Hall–Kier alpha value is -0.600. The maximum absolute atomic E-state index is 13.2. The molecule has 1 aliphatic carbocycles. The molecule has 11 heavy (non-hydrogen) atoms. The topological polar surface area (TPSA) is 29.1 Å². The average molecular weight is 159 g/mol. The fraction of sp³-hybridized carbons (Fsp3) is 0.875. The second-order valence-electron chi connectivity index (χ2n) is 3.07. The summed E-state index contributed by atoms with van der Waals surface area (Å²) in [6, 6.07) is 0. The summed E-state index contributed by atoms with van der Waals surface area (Å²) in [5.74, 6) is -0.411. The van der Waals surface area contributed by atoms with Gasteiger partial charge in [-0.15, -0.1) is 0 Å². The maximum Gasteiger partial charge on any atom is 0.257 e. The van der Waals surface area contributed by atoms with Crippen LogP contribution in [0.2, 0.25) is 0 Å². The fourth-order valence-corrected chi connectivity index (χ4v) is 1.11. The number of carbonyl (C=O) groups excluding carboxylic acids is 1. The molecule has 0 aromatic heterocycles. The first-order valence-electron chi connectivity index (χ1n) is 4.16. The molecule has 0 saturated heterocycles. The van der Waals surface area contributed by atoms with Gasteiger partial charge in [-0.3, -0.25) is 4.79 Å². The third kappa shape index (κ3) is 1.70. The molecule has 0 spiro atoms. The van der Waals surface area contributed by atoms with Crippen LogP contribution in [-0.4, -0.2) is 18.1 Å². The van der Waals surface area contributed by atoms with Gasteiger partial charge in [0.2, 0.25) is 0 Å². The number of hydrogen-bond acceptors (Lipinski definition) is 1. The first kappa shape index (κ1) is 8.50. The lowest BCUT2D eigenvalue weighted by Crippen LogP contribution is -2.48. The summed E-state index contributed by atoms with van der Waals surface area (Å²) in [7, 11) is 0. The lowest BCUT2D eigenvalue weighted by atomic mass is 9.81.